The van der Waals surface area contributed by atoms with E-state index in [0.717, 1.165) is 63.9 Å². The molecule has 7 nitrogen and oxygen atoms in total. The van der Waals surface area contributed by atoms with Gasteiger partial charge in [0.25, 0.3) is 0 Å². The van der Waals surface area contributed by atoms with Gasteiger partial charge in [0.05, 0.1) is 5.69 Å². The first-order valence-corrected chi connectivity index (χ1v) is 10.0. The Labute approximate surface area is 167 Å². The molecule has 0 spiro atoms. The number of nitrogens with zero attached hydrogens (tertiary/aromatic N) is 3. The molecule has 0 aliphatic carbocycles. The molecule has 1 aromatic heterocycles. The molecule has 3 rings (SSSR count). The zero-order chi connectivity index (χ0) is 19.4. The average Bonchev–Trinajstić information content (AvgIpc) is 3.29. The molecule has 152 valence electrons. The van der Waals surface area contributed by atoms with Gasteiger partial charge in [0, 0.05) is 59.0 Å². The number of nitrogens with one attached hydrogen (secondary N) is 2. The number of hydrogen-bond acceptors (Lipinski definition) is 4. The fourth-order valence-corrected chi connectivity index (χ4v) is 3.18. The van der Waals surface area contributed by atoms with E-state index in [1.165, 1.54) is 5.56 Å². The zero-order valence-electron chi connectivity index (χ0n) is 16.6. The van der Waals surface area contributed by atoms with Gasteiger partial charge in [-0.3, -0.25) is 4.99 Å². The number of aliphatic imine (C=N–C) groups is 1. The van der Waals surface area contributed by atoms with Gasteiger partial charge in [0.2, 0.25) is 0 Å². The highest BCUT2D eigenvalue weighted by Crippen LogP contribution is 2.14. The summed E-state index contributed by atoms with van der Waals surface area (Å²) in [5, 5.41) is 11.0. The monoisotopic (exact) mass is 385 g/mol. The second-order valence-corrected chi connectivity index (χ2v) is 6.96. The molecule has 0 amide bonds. The fourth-order valence-electron chi connectivity index (χ4n) is 3.18. The van der Waals surface area contributed by atoms with E-state index < -0.39 is 0 Å². The minimum atomic E-state index is 0.661. The summed E-state index contributed by atoms with van der Waals surface area (Å²) in [5.41, 5.74) is 2.23. The summed E-state index contributed by atoms with van der Waals surface area (Å²) in [5.74, 6) is 1.46. The summed E-state index contributed by atoms with van der Waals surface area (Å²) in [7, 11) is 1.79. The van der Waals surface area contributed by atoms with Crippen molar-refractivity contribution in [1.29, 1.82) is 0 Å². The standard InChI is InChI=1S/C21H31N5O2/c1-22-21(23-9-4-12-28-17-18-7-13-27-14-8-18)24-16-19-5-2-6-20(15-19)26-11-3-10-25-26/h2-3,5-6,10-11,15,18H,4,7-9,12-14,16-17H2,1H3,(H2,22,23,24). The largest absolute Gasteiger partial charge is 0.381 e. The van der Waals surface area contributed by atoms with Gasteiger partial charge in [0.15, 0.2) is 5.96 Å². The Balaban J connectivity index is 1.32. The van der Waals surface area contributed by atoms with Gasteiger partial charge in [-0.15, -0.1) is 0 Å². The normalized spacial score (nSPS) is 15.5. The van der Waals surface area contributed by atoms with Gasteiger partial charge in [-0.25, -0.2) is 4.68 Å². The van der Waals surface area contributed by atoms with Crippen LogP contribution < -0.4 is 10.6 Å². The van der Waals surface area contributed by atoms with Gasteiger partial charge < -0.3 is 20.1 Å². The van der Waals surface area contributed by atoms with Crippen LogP contribution in [0, 0.1) is 5.92 Å². The van der Waals surface area contributed by atoms with Crippen LogP contribution >= 0.6 is 0 Å². The first-order chi connectivity index (χ1) is 13.8. The molecule has 7 heteroatoms. The molecule has 1 aromatic carbocycles. The summed E-state index contributed by atoms with van der Waals surface area (Å²) in [6.45, 7) is 4.91. The van der Waals surface area contributed by atoms with Crippen molar-refractivity contribution in [3.63, 3.8) is 0 Å². The molecule has 1 saturated heterocycles. The van der Waals surface area contributed by atoms with Crippen molar-refractivity contribution in [2.24, 2.45) is 10.9 Å². The molecule has 2 heterocycles. The highest BCUT2D eigenvalue weighted by molar-refractivity contribution is 5.79. The van der Waals surface area contributed by atoms with Crippen molar-refractivity contribution < 1.29 is 9.47 Å². The Morgan fingerprint density at radius 2 is 2.18 bits per heavy atom. The number of benzene rings is 1. The van der Waals surface area contributed by atoms with E-state index in [1.807, 2.05) is 29.1 Å². The Kier molecular flexibility index (Phi) is 8.33. The summed E-state index contributed by atoms with van der Waals surface area (Å²) < 4.78 is 13.0. The third-order valence-corrected chi connectivity index (χ3v) is 4.82. The van der Waals surface area contributed by atoms with Crippen molar-refractivity contribution in [1.82, 2.24) is 20.4 Å². The molecule has 0 saturated carbocycles. The Morgan fingerprint density at radius 1 is 1.29 bits per heavy atom. The first-order valence-electron chi connectivity index (χ1n) is 10.0. The SMILES string of the molecule is CN=C(NCCCOCC1CCOCC1)NCc1cccc(-n2cccn2)c1. The van der Waals surface area contributed by atoms with Gasteiger partial charge in [-0.05, 0) is 48.9 Å². The summed E-state index contributed by atoms with van der Waals surface area (Å²) in [6.07, 6.45) is 6.92. The number of hydrogen-bond donors (Lipinski definition) is 2. The summed E-state index contributed by atoms with van der Waals surface area (Å²) >= 11 is 0. The molecule has 0 bridgehead atoms. The van der Waals surface area contributed by atoms with Crippen molar-refractivity contribution in [3.05, 3.63) is 48.3 Å². The highest BCUT2D eigenvalue weighted by atomic mass is 16.5. The molecule has 28 heavy (non-hydrogen) atoms. The van der Waals surface area contributed by atoms with Crippen LogP contribution in [0.1, 0.15) is 24.8 Å². The average molecular weight is 386 g/mol. The number of ether oxygens (including phenoxy) is 2. The smallest absolute Gasteiger partial charge is 0.191 e. The molecular formula is C21H31N5O2. The number of aromatic nitrogens is 2. The van der Waals surface area contributed by atoms with Crippen LogP contribution in [0.2, 0.25) is 0 Å². The molecule has 2 N–H and O–H groups in total. The predicted octanol–water partition coefficient (Wildman–Crippen LogP) is 2.37. The Morgan fingerprint density at radius 3 is 2.96 bits per heavy atom. The summed E-state index contributed by atoms with van der Waals surface area (Å²) in [4.78, 5) is 4.29. The first kappa shape index (κ1) is 20.4. The van der Waals surface area contributed by atoms with Crippen LogP contribution in [0.15, 0.2) is 47.7 Å². The third-order valence-electron chi connectivity index (χ3n) is 4.82. The van der Waals surface area contributed by atoms with Crippen LogP contribution in [-0.2, 0) is 16.0 Å². The van der Waals surface area contributed by atoms with Crippen LogP contribution in [0.4, 0.5) is 0 Å². The van der Waals surface area contributed by atoms with Crippen LogP contribution in [0.25, 0.3) is 5.69 Å². The Bertz CT molecular complexity index is 711. The predicted molar refractivity (Wildman–Crippen MR) is 111 cm³/mol. The molecule has 0 unspecified atom stereocenters. The molecule has 1 aliphatic rings. The van der Waals surface area contributed by atoms with E-state index in [4.69, 9.17) is 9.47 Å². The fraction of sp³-hybridized carbons (Fsp3) is 0.524. The lowest BCUT2D eigenvalue weighted by molar-refractivity contribution is 0.0203. The van der Waals surface area contributed by atoms with E-state index in [1.54, 1.807) is 13.2 Å². The van der Waals surface area contributed by atoms with Crippen molar-refractivity contribution >= 4 is 5.96 Å². The van der Waals surface area contributed by atoms with Gasteiger partial charge >= 0.3 is 0 Å². The highest BCUT2D eigenvalue weighted by Gasteiger charge is 2.13. The van der Waals surface area contributed by atoms with E-state index in [2.05, 4.69) is 32.9 Å². The molecule has 1 fully saturated rings. The maximum absolute atomic E-state index is 5.80. The topological polar surface area (TPSA) is 72.7 Å². The third kappa shape index (κ3) is 6.65. The van der Waals surface area contributed by atoms with Crippen molar-refractivity contribution in [3.8, 4) is 5.69 Å². The zero-order valence-corrected chi connectivity index (χ0v) is 16.6. The van der Waals surface area contributed by atoms with E-state index in [-0.39, 0.29) is 0 Å². The molecule has 0 atom stereocenters. The number of rotatable bonds is 9. The quantitative estimate of drug-likeness (QED) is 0.394. The van der Waals surface area contributed by atoms with Crippen molar-refractivity contribution in [2.75, 3.05) is 40.0 Å². The maximum Gasteiger partial charge on any atom is 0.191 e. The summed E-state index contributed by atoms with van der Waals surface area (Å²) in [6, 6.07) is 10.2. The molecule has 1 aliphatic heterocycles. The minimum absolute atomic E-state index is 0.661. The second-order valence-electron chi connectivity index (χ2n) is 6.96. The molecular weight excluding hydrogens is 354 g/mol. The van der Waals surface area contributed by atoms with E-state index in [9.17, 15) is 0 Å². The maximum atomic E-state index is 5.80. The van der Waals surface area contributed by atoms with Crippen molar-refractivity contribution in [2.45, 2.75) is 25.8 Å². The van der Waals surface area contributed by atoms with Gasteiger partial charge in [-0.2, -0.15) is 5.10 Å². The molecule has 0 radical (unpaired) electrons. The van der Waals surface area contributed by atoms with Crippen LogP contribution in [0.3, 0.4) is 0 Å². The van der Waals surface area contributed by atoms with Crippen LogP contribution in [0.5, 0.6) is 0 Å². The lowest BCUT2D eigenvalue weighted by Crippen LogP contribution is -2.37. The second kappa shape index (κ2) is 11.5. The van der Waals surface area contributed by atoms with Gasteiger partial charge in [-0.1, -0.05) is 12.1 Å². The molecule has 2 aromatic rings. The van der Waals surface area contributed by atoms with E-state index >= 15 is 0 Å². The lowest BCUT2D eigenvalue weighted by atomic mass is 10.0. The minimum Gasteiger partial charge on any atom is -0.381 e. The van der Waals surface area contributed by atoms with Gasteiger partial charge in [0.1, 0.15) is 0 Å². The van der Waals surface area contributed by atoms with E-state index in [0.29, 0.717) is 12.5 Å². The Hall–Kier alpha value is -2.38. The van der Waals surface area contributed by atoms with Crippen LogP contribution in [-0.4, -0.2) is 55.8 Å². The lowest BCUT2D eigenvalue weighted by Gasteiger charge is -2.21. The number of guanidine groups is 1.